The van der Waals surface area contributed by atoms with Crippen LogP contribution in [0.4, 0.5) is 10.8 Å². The van der Waals surface area contributed by atoms with Gasteiger partial charge in [-0.25, -0.2) is 4.98 Å². The molecule has 1 aliphatic rings. The maximum absolute atomic E-state index is 12.7. The van der Waals surface area contributed by atoms with E-state index < -0.39 is 0 Å². The van der Waals surface area contributed by atoms with Crippen molar-refractivity contribution in [2.24, 2.45) is 0 Å². The molecule has 2 heterocycles. The summed E-state index contributed by atoms with van der Waals surface area (Å²) in [6.45, 7) is 3.31. The number of fused-ring (bicyclic) bond motifs is 1. The SMILES string of the molecule is CCOc1ccc(-c2csc(NC(=O)CSCC(=O)N3CCCc4ccccc43)n2)cc1. The van der Waals surface area contributed by atoms with Gasteiger partial charge >= 0.3 is 0 Å². The number of ether oxygens (including phenoxy) is 1. The fourth-order valence-electron chi connectivity index (χ4n) is 3.61. The molecule has 0 saturated carbocycles. The topological polar surface area (TPSA) is 71.5 Å². The molecular formula is C24H25N3O3S2. The number of rotatable bonds is 8. The summed E-state index contributed by atoms with van der Waals surface area (Å²) in [4.78, 5) is 31.3. The fraction of sp³-hybridized carbons (Fsp3) is 0.292. The van der Waals surface area contributed by atoms with Gasteiger partial charge in [-0.05, 0) is 55.7 Å². The molecule has 1 aliphatic heterocycles. The number of carbonyl (C=O) groups excluding carboxylic acids is 2. The first-order valence-corrected chi connectivity index (χ1v) is 12.6. The molecule has 6 nitrogen and oxygen atoms in total. The third-order valence-corrected chi connectivity index (χ3v) is 6.76. The second kappa shape index (κ2) is 10.7. The Morgan fingerprint density at radius 1 is 1.16 bits per heavy atom. The number of amides is 2. The maximum Gasteiger partial charge on any atom is 0.236 e. The molecule has 0 radical (unpaired) electrons. The Bertz CT molecular complexity index is 1080. The minimum absolute atomic E-state index is 0.0435. The van der Waals surface area contributed by atoms with E-state index in [1.165, 1.54) is 28.7 Å². The number of thiazole rings is 1. The van der Waals surface area contributed by atoms with E-state index in [-0.39, 0.29) is 23.3 Å². The summed E-state index contributed by atoms with van der Waals surface area (Å²) in [7, 11) is 0. The summed E-state index contributed by atoms with van der Waals surface area (Å²) in [5.41, 5.74) is 3.98. The predicted molar refractivity (Wildman–Crippen MR) is 132 cm³/mol. The first-order valence-electron chi connectivity index (χ1n) is 10.6. The van der Waals surface area contributed by atoms with Crippen LogP contribution >= 0.6 is 23.1 Å². The molecule has 4 rings (SSSR count). The summed E-state index contributed by atoms with van der Waals surface area (Å²) < 4.78 is 5.46. The van der Waals surface area contributed by atoms with Gasteiger partial charge in [0.15, 0.2) is 5.13 Å². The molecule has 166 valence electrons. The number of nitrogens with zero attached hydrogens (tertiary/aromatic N) is 2. The van der Waals surface area contributed by atoms with E-state index in [0.717, 1.165) is 42.1 Å². The molecule has 1 aromatic heterocycles. The van der Waals surface area contributed by atoms with Crippen molar-refractivity contribution in [2.75, 3.05) is 34.9 Å². The highest BCUT2D eigenvalue weighted by molar-refractivity contribution is 8.00. The number of nitrogens with one attached hydrogen (secondary N) is 1. The molecule has 0 spiro atoms. The first kappa shape index (κ1) is 22.4. The zero-order valence-electron chi connectivity index (χ0n) is 17.9. The zero-order chi connectivity index (χ0) is 22.3. The number of aromatic nitrogens is 1. The molecule has 1 N–H and O–H groups in total. The Morgan fingerprint density at radius 3 is 2.78 bits per heavy atom. The van der Waals surface area contributed by atoms with Gasteiger partial charge in [-0.1, -0.05) is 18.2 Å². The number of benzene rings is 2. The van der Waals surface area contributed by atoms with Crippen LogP contribution < -0.4 is 15.0 Å². The number of thioether (sulfide) groups is 1. The van der Waals surface area contributed by atoms with Crippen molar-refractivity contribution < 1.29 is 14.3 Å². The van der Waals surface area contributed by atoms with E-state index in [2.05, 4.69) is 16.4 Å². The van der Waals surface area contributed by atoms with Crippen molar-refractivity contribution in [3.05, 3.63) is 59.5 Å². The average molecular weight is 468 g/mol. The lowest BCUT2D eigenvalue weighted by Gasteiger charge is -2.29. The van der Waals surface area contributed by atoms with Crippen molar-refractivity contribution in [1.29, 1.82) is 0 Å². The summed E-state index contributed by atoms with van der Waals surface area (Å²) in [6, 6.07) is 15.7. The van der Waals surface area contributed by atoms with E-state index in [9.17, 15) is 9.59 Å². The molecule has 0 bridgehead atoms. The maximum atomic E-state index is 12.7. The molecule has 0 aliphatic carbocycles. The summed E-state index contributed by atoms with van der Waals surface area (Å²) in [5.74, 6) is 1.19. The standard InChI is InChI=1S/C24H25N3O3S2/c1-2-30-19-11-9-17(10-12-19)20-14-32-24(25-20)26-22(28)15-31-16-23(29)27-13-5-7-18-6-3-4-8-21(18)27/h3-4,6,8-12,14H,2,5,7,13,15-16H2,1H3,(H,25,26,28). The number of carbonyl (C=O) groups is 2. The van der Waals surface area contributed by atoms with Crippen LogP contribution in [0.3, 0.4) is 0 Å². The van der Waals surface area contributed by atoms with Gasteiger partial charge in [0.1, 0.15) is 5.75 Å². The molecule has 0 unspecified atom stereocenters. The van der Waals surface area contributed by atoms with Gasteiger partial charge in [0, 0.05) is 23.2 Å². The summed E-state index contributed by atoms with van der Waals surface area (Å²) in [6.07, 6.45) is 1.97. The van der Waals surface area contributed by atoms with Gasteiger partial charge in [0.25, 0.3) is 0 Å². The van der Waals surface area contributed by atoms with E-state index in [1.54, 1.807) is 0 Å². The Kier molecular flexibility index (Phi) is 7.44. The number of anilines is 2. The van der Waals surface area contributed by atoms with E-state index in [1.807, 2.05) is 59.7 Å². The van der Waals surface area contributed by atoms with Crippen molar-refractivity contribution >= 4 is 45.7 Å². The Hall–Kier alpha value is -2.84. The normalized spacial score (nSPS) is 12.8. The molecule has 0 fully saturated rings. The molecule has 32 heavy (non-hydrogen) atoms. The minimum Gasteiger partial charge on any atom is -0.494 e. The van der Waals surface area contributed by atoms with Gasteiger partial charge in [0.2, 0.25) is 11.8 Å². The lowest BCUT2D eigenvalue weighted by Crippen LogP contribution is -2.36. The number of para-hydroxylation sites is 1. The van der Waals surface area contributed by atoms with Gasteiger partial charge < -0.3 is 15.0 Å². The number of aryl methyl sites for hydroxylation is 1. The van der Waals surface area contributed by atoms with Crippen LogP contribution in [-0.4, -0.2) is 41.5 Å². The highest BCUT2D eigenvalue weighted by atomic mass is 32.2. The second-order valence-electron chi connectivity index (χ2n) is 7.31. The third-order valence-electron chi connectivity index (χ3n) is 5.08. The van der Waals surface area contributed by atoms with Crippen LogP contribution in [0.5, 0.6) is 5.75 Å². The molecule has 8 heteroatoms. The smallest absolute Gasteiger partial charge is 0.236 e. The molecule has 3 aromatic rings. The van der Waals surface area contributed by atoms with Crippen LogP contribution in [0.15, 0.2) is 53.9 Å². The highest BCUT2D eigenvalue weighted by Gasteiger charge is 2.22. The molecule has 2 amide bonds. The largest absolute Gasteiger partial charge is 0.494 e. The minimum atomic E-state index is -0.158. The lowest BCUT2D eigenvalue weighted by atomic mass is 10.0. The van der Waals surface area contributed by atoms with Crippen molar-refractivity contribution in [1.82, 2.24) is 4.98 Å². The third kappa shape index (κ3) is 5.49. The van der Waals surface area contributed by atoms with Crippen LogP contribution in [0.25, 0.3) is 11.3 Å². The van der Waals surface area contributed by atoms with Gasteiger partial charge in [-0.2, -0.15) is 0 Å². The van der Waals surface area contributed by atoms with Crippen molar-refractivity contribution in [2.45, 2.75) is 19.8 Å². The van der Waals surface area contributed by atoms with Gasteiger partial charge in [-0.3, -0.25) is 9.59 Å². The van der Waals surface area contributed by atoms with E-state index in [4.69, 9.17) is 4.74 Å². The molecule has 0 atom stereocenters. The number of hydrogen-bond donors (Lipinski definition) is 1. The molecular weight excluding hydrogens is 442 g/mol. The quantitative estimate of drug-likeness (QED) is 0.512. The Labute approximate surface area is 196 Å². The predicted octanol–water partition coefficient (Wildman–Crippen LogP) is 4.86. The molecule has 2 aromatic carbocycles. The fourth-order valence-corrected chi connectivity index (χ4v) is 5.04. The Balaban J connectivity index is 1.26. The van der Waals surface area contributed by atoms with Crippen LogP contribution in [0, 0.1) is 0 Å². The average Bonchev–Trinajstić information content (AvgIpc) is 3.27. The Morgan fingerprint density at radius 2 is 1.97 bits per heavy atom. The van der Waals surface area contributed by atoms with Crippen LogP contribution in [0.2, 0.25) is 0 Å². The lowest BCUT2D eigenvalue weighted by molar-refractivity contribution is -0.116. The second-order valence-corrected chi connectivity index (χ2v) is 9.16. The van der Waals surface area contributed by atoms with Crippen molar-refractivity contribution in [3.63, 3.8) is 0 Å². The molecule has 0 saturated heterocycles. The van der Waals surface area contributed by atoms with E-state index in [0.29, 0.717) is 11.7 Å². The summed E-state index contributed by atoms with van der Waals surface area (Å²) >= 11 is 2.71. The van der Waals surface area contributed by atoms with Crippen LogP contribution in [0.1, 0.15) is 18.9 Å². The van der Waals surface area contributed by atoms with Gasteiger partial charge in [-0.15, -0.1) is 23.1 Å². The highest BCUT2D eigenvalue weighted by Crippen LogP contribution is 2.28. The zero-order valence-corrected chi connectivity index (χ0v) is 19.5. The van der Waals surface area contributed by atoms with Crippen LogP contribution in [-0.2, 0) is 16.0 Å². The number of hydrogen-bond acceptors (Lipinski definition) is 6. The van der Waals surface area contributed by atoms with Gasteiger partial charge in [0.05, 0.1) is 23.8 Å². The first-order chi connectivity index (χ1) is 15.6. The monoisotopic (exact) mass is 467 g/mol. The summed E-state index contributed by atoms with van der Waals surface area (Å²) in [5, 5.41) is 5.29. The van der Waals surface area contributed by atoms with Crippen molar-refractivity contribution in [3.8, 4) is 17.0 Å². The van der Waals surface area contributed by atoms with E-state index >= 15 is 0 Å².